The van der Waals surface area contributed by atoms with Crippen LogP contribution in [0.5, 0.6) is 0 Å². The Hall–Kier alpha value is -0.220. The molecule has 0 heterocycles. The summed E-state index contributed by atoms with van der Waals surface area (Å²) in [6, 6.07) is 2.46. The van der Waals surface area contributed by atoms with E-state index in [4.69, 9.17) is 0 Å². The summed E-state index contributed by atoms with van der Waals surface area (Å²) in [5.74, 6) is -0.976. The van der Waals surface area contributed by atoms with Gasteiger partial charge in [0.25, 0.3) is 0 Å². The van der Waals surface area contributed by atoms with Crippen molar-refractivity contribution in [2.24, 2.45) is 0 Å². The summed E-state index contributed by atoms with van der Waals surface area (Å²) < 4.78 is 25.8. The maximum Gasteiger partial charge on any atom is 0.139 e. The summed E-state index contributed by atoms with van der Waals surface area (Å²) in [7, 11) is 0. The summed E-state index contributed by atoms with van der Waals surface area (Å²) >= 11 is 2.56. The van der Waals surface area contributed by atoms with Gasteiger partial charge in [0.05, 0.1) is 0 Å². The second kappa shape index (κ2) is 4.14. The van der Waals surface area contributed by atoms with E-state index in [0.29, 0.717) is 9.79 Å². The van der Waals surface area contributed by atoms with Crippen LogP contribution in [0.4, 0.5) is 8.78 Å². The molecule has 1 aromatic carbocycles. The van der Waals surface area contributed by atoms with Crippen molar-refractivity contribution in [2.45, 2.75) is 9.79 Å². The molecule has 0 unspecified atom stereocenters. The van der Waals surface area contributed by atoms with Crippen LogP contribution < -0.4 is 0 Å². The van der Waals surface area contributed by atoms with E-state index in [9.17, 15) is 8.78 Å². The van der Waals surface area contributed by atoms with E-state index in [1.165, 1.54) is 29.6 Å². The number of thioether (sulfide) groups is 2. The molecule has 66 valence electrons. The van der Waals surface area contributed by atoms with Crippen molar-refractivity contribution in [1.82, 2.24) is 0 Å². The van der Waals surface area contributed by atoms with Crippen LogP contribution in [0.2, 0.25) is 0 Å². The Kier molecular flexibility index (Phi) is 3.40. The van der Waals surface area contributed by atoms with Crippen molar-refractivity contribution in [3.05, 3.63) is 23.8 Å². The van der Waals surface area contributed by atoms with Crippen LogP contribution in [0.1, 0.15) is 0 Å². The van der Waals surface area contributed by atoms with Gasteiger partial charge in [0, 0.05) is 15.9 Å². The van der Waals surface area contributed by atoms with Crippen molar-refractivity contribution in [1.29, 1.82) is 0 Å². The van der Waals surface area contributed by atoms with E-state index in [1.807, 2.05) is 0 Å². The fourth-order valence-corrected chi connectivity index (χ4v) is 1.88. The quantitative estimate of drug-likeness (QED) is 0.680. The second-order valence-electron chi connectivity index (χ2n) is 2.12. The summed E-state index contributed by atoms with van der Waals surface area (Å²) in [4.78, 5) is 0.974. The molecule has 0 saturated heterocycles. The molecule has 0 saturated carbocycles. The first-order valence-corrected chi connectivity index (χ1v) is 5.71. The first-order valence-electron chi connectivity index (χ1n) is 3.26. The Balaban J connectivity index is 3.18. The minimum absolute atomic E-state index is 0.487. The lowest BCUT2D eigenvalue weighted by atomic mass is 10.3. The highest BCUT2D eigenvalue weighted by Gasteiger charge is 2.07. The molecule has 12 heavy (non-hydrogen) atoms. The lowest BCUT2D eigenvalue weighted by molar-refractivity contribution is 0.550. The molecule has 0 amide bonds. The summed E-state index contributed by atoms with van der Waals surface area (Å²) in [5, 5.41) is 0. The van der Waals surface area contributed by atoms with Gasteiger partial charge in [-0.15, -0.1) is 23.5 Å². The lowest BCUT2D eigenvalue weighted by Gasteiger charge is -2.03. The highest BCUT2D eigenvalue weighted by Crippen LogP contribution is 2.27. The molecule has 0 bridgehead atoms. The minimum atomic E-state index is -0.488. The molecule has 0 fully saturated rings. The van der Waals surface area contributed by atoms with Crippen molar-refractivity contribution in [2.75, 3.05) is 12.5 Å². The number of rotatable bonds is 2. The molecule has 0 aliphatic rings. The number of benzene rings is 1. The summed E-state index contributed by atoms with van der Waals surface area (Å²) in [6.45, 7) is 0. The van der Waals surface area contributed by atoms with Crippen LogP contribution in [-0.2, 0) is 0 Å². The SMILES string of the molecule is CSc1cc(SC)c(F)cc1F. The lowest BCUT2D eigenvalue weighted by Crippen LogP contribution is -1.86. The van der Waals surface area contributed by atoms with Gasteiger partial charge in [0.2, 0.25) is 0 Å². The highest BCUT2D eigenvalue weighted by molar-refractivity contribution is 7.99. The average molecular weight is 206 g/mol. The first kappa shape index (κ1) is 9.86. The third-order valence-electron chi connectivity index (χ3n) is 1.43. The zero-order valence-electron chi connectivity index (χ0n) is 6.73. The molecule has 1 aromatic rings. The second-order valence-corrected chi connectivity index (χ2v) is 3.82. The van der Waals surface area contributed by atoms with Crippen LogP contribution in [-0.4, -0.2) is 12.5 Å². The smallest absolute Gasteiger partial charge is 0.139 e. The predicted molar refractivity (Wildman–Crippen MR) is 49.9 cm³/mol. The van der Waals surface area contributed by atoms with Crippen LogP contribution in [0.25, 0.3) is 0 Å². The molecule has 0 atom stereocenters. The predicted octanol–water partition coefficient (Wildman–Crippen LogP) is 3.41. The van der Waals surface area contributed by atoms with Gasteiger partial charge in [0.15, 0.2) is 0 Å². The normalized spacial score (nSPS) is 10.3. The molecule has 4 heteroatoms. The number of hydrogen-bond donors (Lipinski definition) is 0. The van der Waals surface area contributed by atoms with E-state index in [0.717, 1.165) is 6.07 Å². The maximum atomic E-state index is 12.9. The van der Waals surface area contributed by atoms with Gasteiger partial charge in [-0.3, -0.25) is 0 Å². The molecule has 0 aromatic heterocycles. The summed E-state index contributed by atoms with van der Waals surface area (Å²) in [5.41, 5.74) is 0. The molecule has 0 nitrogen and oxygen atoms in total. The van der Waals surface area contributed by atoms with Crippen molar-refractivity contribution in [3.63, 3.8) is 0 Å². The van der Waals surface area contributed by atoms with Gasteiger partial charge in [-0.25, -0.2) is 8.78 Å². The van der Waals surface area contributed by atoms with Gasteiger partial charge < -0.3 is 0 Å². The van der Waals surface area contributed by atoms with E-state index in [1.54, 1.807) is 12.5 Å². The van der Waals surface area contributed by atoms with Crippen LogP contribution in [0.15, 0.2) is 21.9 Å². The van der Waals surface area contributed by atoms with E-state index in [-0.39, 0.29) is 0 Å². The fourth-order valence-electron chi connectivity index (χ4n) is 0.823. The Bertz CT molecular complexity index is 261. The van der Waals surface area contributed by atoms with Crippen molar-refractivity contribution < 1.29 is 8.78 Å². The van der Waals surface area contributed by atoms with Crippen molar-refractivity contribution in [3.8, 4) is 0 Å². The minimum Gasteiger partial charge on any atom is -0.206 e. The molecular formula is C8H8F2S2. The topological polar surface area (TPSA) is 0 Å². The fraction of sp³-hybridized carbons (Fsp3) is 0.250. The average Bonchev–Trinajstić information content (AvgIpc) is 2.05. The van der Waals surface area contributed by atoms with E-state index >= 15 is 0 Å². The Morgan fingerprint density at radius 1 is 0.917 bits per heavy atom. The van der Waals surface area contributed by atoms with Gasteiger partial charge in [-0.2, -0.15) is 0 Å². The van der Waals surface area contributed by atoms with Crippen LogP contribution in [0, 0.1) is 11.6 Å². The van der Waals surface area contributed by atoms with Crippen LogP contribution in [0.3, 0.4) is 0 Å². The largest absolute Gasteiger partial charge is 0.206 e. The Morgan fingerprint density at radius 3 is 1.67 bits per heavy atom. The maximum absolute atomic E-state index is 12.9. The standard InChI is InChI=1S/C8H8F2S2/c1-11-7-4-8(12-2)6(10)3-5(7)9/h3-4H,1-2H3. The number of hydrogen-bond acceptors (Lipinski definition) is 2. The van der Waals surface area contributed by atoms with Gasteiger partial charge in [-0.05, 0) is 18.6 Å². The molecule has 0 radical (unpaired) electrons. The molecule has 0 aliphatic heterocycles. The van der Waals surface area contributed by atoms with Gasteiger partial charge >= 0.3 is 0 Å². The molecular weight excluding hydrogens is 198 g/mol. The third-order valence-corrected chi connectivity index (χ3v) is 2.93. The van der Waals surface area contributed by atoms with Gasteiger partial charge in [-0.1, -0.05) is 0 Å². The third kappa shape index (κ3) is 1.93. The molecule has 0 aliphatic carbocycles. The van der Waals surface area contributed by atoms with Crippen molar-refractivity contribution >= 4 is 23.5 Å². The zero-order chi connectivity index (χ0) is 9.14. The summed E-state index contributed by atoms with van der Waals surface area (Å²) in [6.07, 6.45) is 3.53. The zero-order valence-corrected chi connectivity index (χ0v) is 8.36. The first-order chi connectivity index (χ1) is 5.69. The van der Waals surface area contributed by atoms with E-state index < -0.39 is 11.6 Å². The van der Waals surface area contributed by atoms with Crippen LogP contribution >= 0.6 is 23.5 Å². The Morgan fingerprint density at radius 2 is 1.33 bits per heavy atom. The van der Waals surface area contributed by atoms with E-state index in [2.05, 4.69) is 0 Å². The highest BCUT2D eigenvalue weighted by atomic mass is 32.2. The molecule has 1 rings (SSSR count). The molecule has 0 spiro atoms. The number of halogens is 2. The molecule has 0 N–H and O–H groups in total. The Labute approximate surface area is 78.7 Å². The van der Waals surface area contributed by atoms with Gasteiger partial charge in [0.1, 0.15) is 11.6 Å². The monoisotopic (exact) mass is 206 g/mol.